The van der Waals surface area contributed by atoms with Crippen LogP contribution in [-0.4, -0.2) is 88.9 Å². The van der Waals surface area contributed by atoms with Gasteiger partial charge in [0, 0.05) is 41.2 Å². The Bertz CT molecular complexity index is 1580. The number of methoxy groups -OCH3 is 1. The first-order valence-corrected chi connectivity index (χ1v) is 17.1. The summed E-state index contributed by atoms with van der Waals surface area (Å²) in [4.78, 5) is 73.3. The highest BCUT2D eigenvalue weighted by atomic mass is 16.5. The van der Waals surface area contributed by atoms with Gasteiger partial charge < -0.3 is 35.6 Å². The zero-order valence-electron chi connectivity index (χ0n) is 30.2. The van der Waals surface area contributed by atoms with Gasteiger partial charge in [-0.05, 0) is 64.5 Å². The summed E-state index contributed by atoms with van der Waals surface area (Å²) < 4.78 is 11.9. The van der Waals surface area contributed by atoms with Crippen molar-refractivity contribution < 1.29 is 33.4 Å². The molecule has 1 aromatic heterocycles. The fourth-order valence-corrected chi connectivity index (χ4v) is 5.87. The van der Waals surface area contributed by atoms with Crippen molar-refractivity contribution in [1.82, 2.24) is 31.2 Å². The van der Waals surface area contributed by atoms with Crippen molar-refractivity contribution in [3.05, 3.63) is 30.0 Å². The van der Waals surface area contributed by atoms with Gasteiger partial charge in [-0.1, -0.05) is 34.1 Å². The van der Waals surface area contributed by atoms with Crippen LogP contribution in [0, 0.1) is 12.3 Å². The number of pyridine rings is 1. The Kier molecular flexibility index (Phi) is 11.4. The molecule has 2 aromatic rings. The van der Waals surface area contributed by atoms with Crippen LogP contribution in [0.1, 0.15) is 86.3 Å². The molecular formula is C36H52N6O7. The van der Waals surface area contributed by atoms with E-state index in [9.17, 15) is 24.0 Å². The molecule has 5 amide bonds. The minimum absolute atomic E-state index is 0.0124. The van der Waals surface area contributed by atoms with E-state index < -0.39 is 64.7 Å². The number of Topliss-reactive ketones (excluding diaryl/α,β-unsaturated/α-hetero) is 1. The molecule has 13 nitrogen and oxygen atoms in total. The van der Waals surface area contributed by atoms with Crippen LogP contribution < -0.4 is 30.7 Å². The average Bonchev–Trinajstić information content (AvgIpc) is 3.72. The van der Waals surface area contributed by atoms with Gasteiger partial charge in [0.2, 0.25) is 17.6 Å². The number of likely N-dealkylation sites (tertiary alicyclic amines) is 1. The highest BCUT2D eigenvalue weighted by molar-refractivity contribution is 6.38. The Labute approximate surface area is 288 Å². The molecule has 4 rings (SSSR count). The average molecular weight is 681 g/mol. The number of nitrogens with one attached hydrogen (secondary N) is 4. The second-order valence-electron chi connectivity index (χ2n) is 15.2. The minimum atomic E-state index is -1.05. The maximum Gasteiger partial charge on any atom is 0.315 e. The fraction of sp³-hybridized carbons (Fsp3) is 0.611. The van der Waals surface area contributed by atoms with E-state index in [0.29, 0.717) is 29.1 Å². The summed E-state index contributed by atoms with van der Waals surface area (Å²) in [6.07, 6.45) is 1.94. The van der Waals surface area contributed by atoms with Crippen LogP contribution in [0.4, 0.5) is 4.79 Å². The monoisotopic (exact) mass is 680 g/mol. The highest BCUT2D eigenvalue weighted by Gasteiger charge is 2.46. The number of fused-ring (bicyclic) bond motifs is 1. The number of urea groups is 1. The molecule has 0 radical (unpaired) electrons. The van der Waals surface area contributed by atoms with Gasteiger partial charge in [0.15, 0.2) is 0 Å². The number of carbonyl (C=O) groups excluding carboxylic acids is 5. The fourth-order valence-electron chi connectivity index (χ4n) is 5.87. The van der Waals surface area contributed by atoms with E-state index >= 15 is 0 Å². The number of nitrogens with zero attached hydrogens (tertiary/aromatic N) is 2. The summed E-state index contributed by atoms with van der Waals surface area (Å²) in [7, 11) is 1.58. The summed E-state index contributed by atoms with van der Waals surface area (Å²) in [5.41, 5.74) is 0.0999. The van der Waals surface area contributed by atoms with Crippen molar-refractivity contribution in [2.45, 2.75) is 123 Å². The van der Waals surface area contributed by atoms with Crippen LogP contribution >= 0.6 is 0 Å². The van der Waals surface area contributed by atoms with E-state index in [2.05, 4.69) is 26.3 Å². The van der Waals surface area contributed by atoms with Gasteiger partial charge in [0.25, 0.3) is 5.91 Å². The molecule has 49 heavy (non-hydrogen) atoms. The summed E-state index contributed by atoms with van der Waals surface area (Å²) in [5.74, 6) is -1.29. The van der Waals surface area contributed by atoms with E-state index in [4.69, 9.17) is 9.47 Å². The predicted molar refractivity (Wildman–Crippen MR) is 185 cm³/mol. The van der Waals surface area contributed by atoms with E-state index in [1.54, 1.807) is 19.2 Å². The molecule has 0 spiro atoms. The lowest BCUT2D eigenvalue weighted by molar-refractivity contribution is -0.144. The number of ketones is 1. The largest absolute Gasteiger partial charge is 0.497 e. The number of aromatic nitrogens is 1. The number of benzene rings is 1. The highest BCUT2D eigenvalue weighted by Crippen LogP contribution is 2.33. The Morgan fingerprint density at radius 2 is 1.71 bits per heavy atom. The standard InChI is InChI=1S/C36H52N6O7/c1-10-11-25(29(43)32(45)38-21-12-13-21)39-31(44)27-18-23(49-28-16-20(2)37-26-17-22(48-9)14-15-24(26)28)19-42(27)33(46)30(35(3,4)5)40-34(47)41-36(6,7)8/h14-17,21,23,25,27,30H,10-13,18-19H2,1-9H3,(H,38,45)(H,39,44)(H2,40,41,47)/t23-,25+,27+,30-/m1/s1. The maximum absolute atomic E-state index is 14.4. The first-order chi connectivity index (χ1) is 22.9. The Morgan fingerprint density at radius 3 is 2.31 bits per heavy atom. The first kappa shape index (κ1) is 37.4. The molecule has 4 N–H and O–H groups in total. The SMILES string of the molecule is CCC[C@H](NC(=O)[C@@H]1C[C@@H](Oc2cc(C)nc3cc(OC)ccc23)CN1C(=O)[C@@H](NC(=O)NC(C)(C)C)C(C)(C)C)C(=O)C(=O)NC1CC1. The number of ether oxygens (including phenoxy) is 2. The normalized spacial score (nSPS) is 19.1. The smallest absolute Gasteiger partial charge is 0.315 e. The molecule has 1 saturated carbocycles. The third-order valence-corrected chi connectivity index (χ3v) is 8.47. The van der Waals surface area contributed by atoms with Gasteiger partial charge in [0.05, 0.1) is 25.2 Å². The molecule has 1 aliphatic heterocycles. The second-order valence-corrected chi connectivity index (χ2v) is 15.2. The minimum Gasteiger partial charge on any atom is -0.497 e. The zero-order chi connectivity index (χ0) is 36.3. The number of amides is 5. The summed E-state index contributed by atoms with van der Waals surface area (Å²) in [6, 6.07) is 3.64. The molecule has 268 valence electrons. The Balaban J connectivity index is 1.65. The predicted octanol–water partition coefficient (Wildman–Crippen LogP) is 3.55. The van der Waals surface area contributed by atoms with E-state index in [1.807, 2.05) is 67.5 Å². The number of aryl methyl sites for hydroxylation is 1. The lowest BCUT2D eigenvalue weighted by Crippen LogP contribution is -2.61. The third-order valence-electron chi connectivity index (χ3n) is 8.47. The molecule has 0 bridgehead atoms. The Morgan fingerprint density at radius 1 is 1.02 bits per heavy atom. The van der Waals surface area contributed by atoms with Crippen molar-refractivity contribution in [2.24, 2.45) is 5.41 Å². The molecule has 1 saturated heterocycles. The maximum atomic E-state index is 14.4. The molecular weight excluding hydrogens is 628 g/mol. The van der Waals surface area contributed by atoms with E-state index in [-0.39, 0.29) is 25.4 Å². The van der Waals surface area contributed by atoms with Gasteiger partial charge >= 0.3 is 6.03 Å². The number of carbonyl (C=O) groups is 5. The molecule has 4 atom stereocenters. The molecule has 0 unspecified atom stereocenters. The number of hydrogen-bond acceptors (Lipinski definition) is 8. The van der Waals surface area contributed by atoms with Crippen LogP contribution in [0.15, 0.2) is 24.3 Å². The topological polar surface area (TPSA) is 168 Å². The number of rotatable bonds is 12. The van der Waals surface area contributed by atoms with Crippen molar-refractivity contribution in [3.63, 3.8) is 0 Å². The molecule has 13 heteroatoms. The van der Waals surface area contributed by atoms with Gasteiger partial charge in [-0.2, -0.15) is 0 Å². The zero-order valence-corrected chi connectivity index (χ0v) is 30.2. The lowest BCUT2D eigenvalue weighted by atomic mass is 9.85. The van der Waals surface area contributed by atoms with Crippen molar-refractivity contribution in [1.29, 1.82) is 0 Å². The van der Waals surface area contributed by atoms with E-state index in [0.717, 1.165) is 18.2 Å². The molecule has 2 fully saturated rings. The van der Waals surface area contributed by atoms with Crippen LogP contribution in [0.3, 0.4) is 0 Å². The van der Waals surface area contributed by atoms with Crippen molar-refractivity contribution in [3.8, 4) is 11.5 Å². The van der Waals surface area contributed by atoms with Crippen molar-refractivity contribution in [2.75, 3.05) is 13.7 Å². The van der Waals surface area contributed by atoms with E-state index in [1.165, 1.54) is 4.90 Å². The quantitative estimate of drug-likeness (QED) is 0.247. The first-order valence-electron chi connectivity index (χ1n) is 17.1. The van der Waals surface area contributed by atoms with Crippen LogP contribution in [-0.2, 0) is 19.2 Å². The van der Waals surface area contributed by atoms with Gasteiger partial charge in [0.1, 0.15) is 29.7 Å². The van der Waals surface area contributed by atoms with Gasteiger partial charge in [-0.25, -0.2) is 4.79 Å². The summed E-state index contributed by atoms with van der Waals surface area (Å²) in [6.45, 7) is 14.8. The third kappa shape index (κ3) is 9.82. The van der Waals surface area contributed by atoms with Gasteiger partial charge in [-0.3, -0.25) is 24.2 Å². The molecule has 2 aliphatic rings. The molecule has 2 heterocycles. The van der Waals surface area contributed by atoms with Crippen LogP contribution in [0.25, 0.3) is 10.9 Å². The lowest BCUT2D eigenvalue weighted by Gasteiger charge is -2.36. The Hall–Kier alpha value is -4.42. The van der Waals surface area contributed by atoms with Crippen LogP contribution in [0.5, 0.6) is 11.5 Å². The van der Waals surface area contributed by atoms with Gasteiger partial charge in [-0.15, -0.1) is 0 Å². The van der Waals surface area contributed by atoms with Crippen molar-refractivity contribution >= 4 is 40.4 Å². The summed E-state index contributed by atoms with van der Waals surface area (Å²) >= 11 is 0. The number of hydrogen-bond donors (Lipinski definition) is 4. The van der Waals surface area contributed by atoms with Crippen LogP contribution in [0.2, 0.25) is 0 Å². The molecule has 1 aliphatic carbocycles. The summed E-state index contributed by atoms with van der Waals surface area (Å²) in [5, 5.41) is 11.9. The molecule has 1 aromatic carbocycles. The second kappa shape index (κ2) is 15.0.